The fraction of sp³-hybridized carbons (Fsp3) is 0.235. The molecule has 0 heterocycles. The minimum absolute atomic E-state index is 0.267. The summed E-state index contributed by atoms with van der Waals surface area (Å²) in [5.41, 5.74) is 0.778. The summed E-state index contributed by atoms with van der Waals surface area (Å²) in [6.07, 6.45) is 1.32. The van der Waals surface area contributed by atoms with Gasteiger partial charge in [0.15, 0.2) is 0 Å². The Labute approximate surface area is 167 Å². The minimum Gasteiger partial charge on any atom is -0.324 e. The van der Waals surface area contributed by atoms with Crippen LogP contribution >= 0.6 is 34.8 Å². The Kier molecular flexibility index (Phi) is 6.80. The largest absolute Gasteiger partial charge is 0.324 e. The van der Waals surface area contributed by atoms with Crippen LogP contribution in [0.4, 0.5) is 11.4 Å². The molecule has 1 N–H and O–H groups in total. The first-order valence-corrected chi connectivity index (χ1v) is 10.6. The van der Waals surface area contributed by atoms with E-state index in [-0.39, 0.29) is 11.4 Å². The highest BCUT2D eigenvalue weighted by atomic mass is 35.5. The molecule has 0 aliphatic carbocycles. The van der Waals surface area contributed by atoms with Gasteiger partial charge in [-0.2, -0.15) is 0 Å². The van der Waals surface area contributed by atoms with Gasteiger partial charge in [0.2, 0.25) is 15.9 Å². The van der Waals surface area contributed by atoms with Crippen LogP contribution in [0.2, 0.25) is 15.1 Å². The normalized spacial score (nSPS) is 12.5. The summed E-state index contributed by atoms with van der Waals surface area (Å²) in [4.78, 5) is 12.7. The molecule has 2 aromatic rings. The Hall–Kier alpha value is -1.47. The summed E-state index contributed by atoms with van der Waals surface area (Å²) in [6.45, 7) is 1.73. The first-order valence-electron chi connectivity index (χ1n) is 7.64. The lowest BCUT2D eigenvalue weighted by molar-refractivity contribution is -0.117. The molecule has 140 valence electrons. The zero-order chi connectivity index (χ0) is 19.5. The van der Waals surface area contributed by atoms with Gasteiger partial charge in [-0.05, 0) is 48.9 Å². The van der Waals surface area contributed by atoms with Crippen molar-refractivity contribution in [2.75, 3.05) is 15.9 Å². The van der Waals surface area contributed by atoms with Gasteiger partial charge in [0, 0.05) is 10.7 Å². The fourth-order valence-corrected chi connectivity index (χ4v) is 4.08. The predicted molar refractivity (Wildman–Crippen MR) is 108 cm³/mol. The number of rotatable bonds is 6. The number of nitrogens with one attached hydrogen (secondary N) is 1. The van der Waals surface area contributed by atoms with Crippen molar-refractivity contribution in [1.82, 2.24) is 0 Å². The van der Waals surface area contributed by atoms with Gasteiger partial charge in [-0.15, -0.1) is 0 Å². The summed E-state index contributed by atoms with van der Waals surface area (Å²) < 4.78 is 25.8. The molecule has 0 saturated heterocycles. The molecule has 0 aromatic heterocycles. The van der Waals surface area contributed by atoms with Crippen LogP contribution in [0.5, 0.6) is 0 Å². The lowest BCUT2D eigenvalue weighted by Gasteiger charge is -2.30. The summed E-state index contributed by atoms with van der Waals surface area (Å²) in [7, 11) is -3.71. The number of hydrogen-bond donors (Lipinski definition) is 1. The molecule has 0 aliphatic heterocycles. The van der Waals surface area contributed by atoms with E-state index in [1.54, 1.807) is 43.3 Å². The average molecular weight is 436 g/mol. The molecule has 2 rings (SSSR count). The van der Waals surface area contributed by atoms with Crippen molar-refractivity contribution >= 4 is 62.1 Å². The lowest BCUT2D eigenvalue weighted by atomic mass is 10.2. The number of sulfonamides is 1. The van der Waals surface area contributed by atoms with E-state index in [0.717, 1.165) is 10.6 Å². The first-order chi connectivity index (χ1) is 12.1. The minimum atomic E-state index is -3.71. The molecule has 1 unspecified atom stereocenters. The second-order valence-corrected chi connectivity index (χ2v) is 8.69. The number of anilines is 2. The van der Waals surface area contributed by atoms with Crippen molar-refractivity contribution in [3.05, 3.63) is 57.5 Å². The number of hydrogen-bond acceptors (Lipinski definition) is 3. The highest BCUT2D eigenvalue weighted by Crippen LogP contribution is 2.27. The van der Waals surface area contributed by atoms with Gasteiger partial charge in [0.25, 0.3) is 0 Å². The maximum Gasteiger partial charge on any atom is 0.248 e. The van der Waals surface area contributed by atoms with E-state index in [4.69, 9.17) is 34.8 Å². The molecule has 0 spiro atoms. The summed E-state index contributed by atoms with van der Waals surface area (Å²) in [5.74, 6) is -0.480. The first kappa shape index (κ1) is 20.8. The van der Waals surface area contributed by atoms with Crippen molar-refractivity contribution in [1.29, 1.82) is 0 Å². The molecule has 2 aromatic carbocycles. The topological polar surface area (TPSA) is 66.5 Å². The van der Waals surface area contributed by atoms with Crippen LogP contribution < -0.4 is 9.62 Å². The molecule has 26 heavy (non-hydrogen) atoms. The third kappa shape index (κ3) is 5.04. The van der Waals surface area contributed by atoms with E-state index >= 15 is 0 Å². The molecule has 0 radical (unpaired) electrons. The zero-order valence-corrected chi connectivity index (χ0v) is 17.1. The van der Waals surface area contributed by atoms with E-state index in [9.17, 15) is 13.2 Å². The molecule has 5 nitrogen and oxygen atoms in total. The van der Waals surface area contributed by atoms with Crippen molar-refractivity contribution in [2.45, 2.75) is 19.4 Å². The Bertz CT molecular complexity index is 902. The average Bonchev–Trinajstić information content (AvgIpc) is 2.56. The molecule has 0 fully saturated rings. The van der Waals surface area contributed by atoms with E-state index in [1.165, 1.54) is 6.07 Å². The number of benzene rings is 2. The molecule has 1 atom stereocenters. The van der Waals surface area contributed by atoms with E-state index < -0.39 is 22.0 Å². The maximum absolute atomic E-state index is 12.7. The van der Waals surface area contributed by atoms with Crippen LogP contribution in [0.15, 0.2) is 42.5 Å². The van der Waals surface area contributed by atoms with Gasteiger partial charge < -0.3 is 5.32 Å². The number of carbonyl (C=O) groups is 1. The summed E-state index contributed by atoms with van der Waals surface area (Å²) in [5, 5.41) is 3.79. The SMILES string of the molecule is CCC(C(=O)Nc1ccc(Cl)c(Cl)c1)N(c1ccc(Cl)cc1)S(C)(=O)=O. The standard InChI is InChI=1S/C17H17Cl3N2O3S/c1-3-16(17(23)21-12-6-9-14(19)15(20)10-12)22(26(2,24)25)13-7-4-11(18)5-8-13/h4-10,16H,3H2,1-2H3,(H,21,23). The van der Waals surface area contributed by atoms with E-state index in [2.05, 4.69) is 5.32 Å². The molecule has 0 aliphatic rings. The molecular formula is C17H17Cl3N2O3S. The lowest BCUT2D eigenvalue weighted by Crippen LogP contribution is -2.46. The van der Waals surface area contributed by atoms with Crippen molar-refractivity contribution < 1.29 is 13.2 Å². The van der Waals surface area contributed by atoms with Gasteiger partial charge in [0.1, 0.15) is 6.04 Å². The van der Waals surface area contributed by atoms with Gasteiger partial charge in [-0.1, -0.05) is 41.7 Å². The van der Waals surface area contributed by atoms with Gasteiger partial charge in [0.05, 0.1) is 22.0 Å². The van der Waals surface area contributed by atoms with Crippen LogP contribution in [-0.2, 0) is 14.8 Å². The molecule has 9 heteroatoms. The summed E-state index contributed by atoms with van der Waals surface area (Å²) >= 11 is 17.7. The predicted octanol–water partition coefficient (Wildman–Crippen LogP) is 4.83. The van der Waals surface area contributed by atoms with Crippen LogP contribution in [0.1, 0.15) is 13.3 Å². The summed E-state index contributed by atoms with van der Waals surface area (Å²) in [6, 6.07) is 9.94. The number of halogens is 3. The Balaban J connectivity index is 2.36. The second-order valence-electron chi connectivity index (χ2n) is 5.58. The van der Waals surface area contributed by atoms with Crippen LogP contribution in [0.3, 0.4) is 0 Å². The van der Waals surface area contributed by atoms with Gasteiger partial charge >= 0.3 is 0 Å². The monoisotopic (exact) mass is 434 g/mol. The third-order valence-electron chi connectivity index (χ3n) is 3.60. The third-order valence-corrected chi connectivity index (χ3v) is 5.77. The highest BCUT2D eigenvalue weighted by molar-refractivity contribution is 7.92. The molecular weight excluding hydrogens is 419 g/mol. The highest BCUT2D eigenvalue weighted by Gasteiger charge is 2.31. The second kappa shape index (κ2) is 8.48. The number of amides is 1. The molecule has 0 bridgehead atoms. The molecule has 0 saturated carbocycles. The fourth-order valence-electron chi connectivity index (χ4n) is 2.45. The number of carbonyl (C=O) groups excluding carboxylic acids is 1. The van der Waals surface area contributed by atoms with Crippen LogP contribution in [0.25, 0.3) is 0 Å². The Morgan fingerprint density at radius 2 is 1.69 bits per heavy atom. The van der Waals surface area contributed by atoms with Crippen molar-refractivity contribution in [2.24, 2.45) is 0 Å². The van der Waals surface area contributed by atoms with Crippen molar-refractivity contribution in [3.63, 3.8) is 0 Å². The smallest absolute Gasteiger partial charge is 0.248 e. The maximum atomic E-state index is 12.7. The van der Waals surface area contributed by atoms with Gasteiger partial charge in [-0.25, -0.2) is 8.42 Å². The van der Waals surface area contributed by atoms with Crippen LogP contribution in [-0.4, -0.2) is 26.6 Å². The van der Waals surface area contributed by atoms with Crippen molar-refractivity contribution in [3.8, 4) is 0 Å². The van der Waals surface area contributed by atoms with E-state index in [1.807, 2.05) is 0 Å². The number of nitrogens with zero attached hydrogens (tertiary/aromatic N) is 1. The quantitative estimate of drug-likeness (QED) is 0.706. The Morgan fingerprint density at radius 1 is 1.08 bits per heavy atom. The molecule has 1 amide bonds. The van der Waals surface area contributed by atoms with Gasteiger partial charge in [-0.3, -0.25) is 9.10 Å². The Morgan fingerprint density at radius 3 is 2.19 bits per heavy atom. The van der Waals surface area contributed by atoms with Crippen LogP contribution in [0, 0.1) is 0 Å². The zero-order valence-electron chi connectivity index (χ0n) is 14.0. The van der Waals surface area contributed by atoms with E-state index in [0.29, 0.717) is 21.4 Å².